The second-order valence-corrected chi connectivity index (χ2v) is 7.24. The molecule has 0 saturated carbocycles. The van der Waals surface area contributed by atoms with Crippen LogP contribution in [0.1, 0.15) is 32.6 Å². The minimum Gasteiger partial charge on any atom is -0.383 e. The lowest BCUT2D eigenvalue weighted by Crippen LogP contribution is -2.46. The highest BCUT2D eigenvalue weighted by Gasteiger charge is 2.31. The summed E-state index contributed by atoms with van der Waals surface area (Å²) in [4.78, 5) is 12.0. The molecule has 0 aromatic carbocycles. The molecule has 0 bridgehead atoms. The van der Waals surface area contributed by atoms with Gasteiger partial charge in [0.1, 0.15) is 0 Å². The molecular weight excluding hydrogens is 280 g/mol. The van der Waals surface area contributed by atoms with Gasteiger partial charge in [-0.25, -0.2) is 12.7 Å². The number of carbonyl (C=O) groups excluding carboxylic acids is 1. The molecule has 1 rings (SSSR count). The Morgan fingerprint density at radius 1 is 1.45 bits per heavy atom. The first-order chi connectivity index (χ1) is 9.51. The van der Waals surface area contributed by atoms with Crippen LogP contribution in [0.15, 0.2) is 0 Å². The Hall–Kier alpha value is -0.660. The lowest BCUT2D eigenvalue weighted by atomic mass is 9.99. The minimum absolute atomic E-state index is 0.0718. The molecule has 0 radical (unpaired) electrons. The number of nitrogens with zero attached hydrogens (tertiary/aromatic N) is 1. The molecule has 0 aliphatic carbocycles. The number of hydrogen-bond donors (Lipinski definition) is 1. The molecule has 1 N–H and O–H groups in total. The highest BCUT2D eigenvalue weighted by molar-refractivity contribution is 7.89. The normalized spacial score (nSPS) is 20.8. The van der Waals surface area contributed by atoms with Crippen LogP contribution >= 0.6 is 0 Å². The molecule has 1 aliphatic rings. The van der Waals surface area contributed by atoms with E-state index in [1.807, 2.05) is 6.92 Å². The third-order valence-electron chi connectivity index (χ3n) is 3.51. The highest BCUT2D eigenvalue weighted by Crippen LogP contribution is 2.20. The van der Waals surface area contributed by atoms with Crippen LogP contribution in [0.25, 0.3) is 0 Å². The summed E-state index contributed by atoms with van der Waals surface area (Å²) in [6.07, 6.45) is 3.02. The molecule has 1 atom stereocenters. The fourth-order valence-electron chi connectivity index (χ4n) is 2.29. The zero-order chi connectivity index (χ0) is 15.0. The Morgan fingerprint density at radius 2 is 2.20 bits per heavy atom. The van der Waals surface area contributed by atoms with E-state index in [1.165, 1.54) is 4.31 Å². The van der Waals surface area contributed by atoms with Crippen LogP contribution in [-0.4, -0.2) is 57.7 Å². The van der Waals surface area contributed by atoms with E-state index in [0.717, 1.165) is 19.3 Å². The molecule has 6 nitrogen and oxygen atoms in total. The minimum atomic E-state index is -3.21. The van der Waals surface area contributed by atoms with Gasteiger partial charge in [0, 0.05) is 26.7 Å². The Labute approximate surface area is 121 Å². The third kappa shape index (κ3) is 5.38. The molecule has 1 heterocycles. The number of carbonyl (C=O) groups is 1. The van der Waals surface area contributed by atoms with Crippen LogP contribution in [-0.2, 0) is 19.6 Å². The van der Waals surface area contributed by atoms with Crippen LogP contribution in [0.2, 0.25) is 0 Å². The van der Waals surface area contributed by atoms with Gasteiger partial charge in [-0.1, -0.05) is 13.3 Å². The van der Waals surface area contributed by atoms with Gasteiger partial charge in [0.2, 0.25) is 15.9 Å². The number of amides is 1. The first kappa shape index (κ1) is 17.4. The lowest BCUT2D eigenvalue weighted by molar-refractivity contribution is -0.126. The van der Waals surface area contributed by atoms with Crippen molar-refractivity contribution in [1.29, 1.82) is 0 Å². The molecule has 0 unspecified atom stereocenters. The second kappa shape index (κ2) is 8.59. The molecule has 1 saturated heterocycles. The predicted octanol–water partition coefficient (Wildman–Crippen LogP) is 0.591. The molecule has 20 heavy (non-hydrogen) atoms. The summed E-state index contributed by atoms with van der Waals surface area (Å²) in [6, 6.07) is 0. The molecule has 118 valence electrons. The van der Waals surface area contributed by atoms with Crippen molar-refractivity contribution in [2.24, 2.45) is 5.92 Å². The molecule has 0 aromatic heterocycles. The van der Waals surface area contributed by atoms with Gasteiger partial charge < -0.3 is 10.1 Å². The number of hydrogen-bond acceptors (Lipinski definition) is 4. The predicted molar refractivity (Wildman–Crippen MR) is 77.9 cm³/mol. The zero-order valence-corrected chi connectivity index (χ0v) is 13.2. The Balaban J connectivity index is 2.51. The maximum absolute atomic E-state index is 12.1. The number of unbranched alkanes of at least 4 members (excludes halogenated alkanes) is 1. The molecule has 1 fully saturated rings. The van der Waals surface area contributed by atoms with Gasteiger partial charge in [-0.3, -0.25) is 4.79 Å². The van der Waals surface area contributed by atoms with E-state index < -0.39 is 10.0 Å². The van der Waals surface area contributed by atoms with Crippen molar-refractivity contribution >= 4 is 15.9 Å². The van der Waals surface area contributed by atoms with Gasteiger partial charge in [-0.05, 0) is 19.3 Å². The molecule has 0 aromatic rings. The molecule has 1 aliphatic heterocycles. The van der Waals surface area contributed by atoms with Crippen molar-refractivity contribution in [2.75, 3.05) is 39.1 Å². The SMILES string of the molecule is CCCCS(=O)(=O)N1CCC[C@@H](C(=O)NCCOC)C1. The van der Waals surface area contributed by atoms with Crippen molar-refractivity contribution < 1.29 is 17.9 Å². The summed E-state index contributed by atoms with van der Waals surface area (Å²) < 4.78 is 30.7. The zero-order valence-electron chi connectivity index (χ0n) is 12.4. The van der Waals surface area contributed by atoms with Crippen LogP contribution in [0, 0.1) is 5.92 Å². The van der Waals surface area contributed by atoms with Crippen molar-refractivity contribution in [3.05, 3.63) is 0 Å². The number of sulfonamides is 1. The maximum atomic E-state index is 12.1. The first-order valence-corrected chi connectivity index (χ1v) is 8.86. The smallest absolute Gasteiger partial charge is 0.224 e. The van der Waals surface area contributed by atoms with E-state index in [2.05, 4.69) is 5.32 Å². The number of piperidine rings is 1. The van der Waals surface area contributed by atoms with E-state index >= 15 is 0 Å². The fraction of sp³-hybridized carbons (Fsp3) is 0.923. The van der Waals surface area contributed by atoms with Gasteiger partial charge in [0.15, 0.2) is 0 Å². The van der Waals surface area contributed by atoms with E-state index in [1.54, 1.807) is 7.11 Å². The van der Waals surface area contributed by atoms with Crippen LogP contribution in [0.3, 0.4) is 0 Å². The summed E-state index contributed by atoms with van der Waals surface area (Å²) in [5, 5.41) is 2.78. The summed E-state index contributed by atoms with van der Waals surface area (Å²) in [7, 11) is -1.63. The Kier molecular flexibility index (Phi) is 7.47. The maximum Gasteiger partial charge on any atom is 0.224 e. The number of rotatable bonds is 8. The Bertz CT molecular complexity index is 397. The van der Waals surface area contributed by atoms with E-state index in [0.29, 0.717) is 32.7 Å². The number of nitrogens with one attached hydrogen (secondary N) is 1. The molecule has 0 spiro atoms. The first-order valence-electron chi connectivity index (χ1n) is 7.25. The van der Waals surface area contributed by atoms with Crippen LogP contribution in [0.4, 0.5) is 0 Å². The standard InChI is InChI=1S/C13H26N2O4S/c1-3-4-10-20(17,18)15-8-5-6-12(11-15)13(16)14-7-9-19-2/h12H,3-11H2,1-2H3,(H,14,16)/t12-/m1/s1. The average molecular weight is 306 g/mol. The van der Waals surface area contributed by atoms with E-state index in [9.17, 15) is 13.2 Å². The summed E-state index contributed by atoms with van der Waals surface area (Å²) in [6.45, 7) is 3.75. The van der Waals surface area contributed by atoms with Crippen LogP contribution < -0.4 is 5.32 Å². The average Bonchev–Trinajstić information content (AvgIpc) is 2.45. The quantitative estimate of drug-likeness (QED) is 0.666. The monoisotopic (exact) mass is 306 g/mol. The summed E-state index contributed by atoms with van der Waals surface area (Å²) in [5.41, 5.74) is 0. The van der Waals surface area contributed by atoms with Crippen molar-refractivity contribution in [1.82, 2.24) is 9.62 Å². The van der Waals surface area contributed by atoms with E-state index in [-0.39, 0.29) is 17.6 Å². The van der Waals surface area contributed by atoms with Crippen molar-refractivity contribution in [3.63, 3.8) is 0 Å². The van der Waals surface area contributed by atoms with Gasteiger partial charge in [0.05, 0.1) is 18.3 Å². The fourth-order valence-corrected chi connectivity index (χ4v) is 4.01. The topological polar surface area (TPSA) is 75.7 Å². The van der Waals surface area contributed by atoms with Crippen LogP contribution in [0.5, 0.6) is 0 Å². The summed E-state index contributed by atoms with van der Waals surface area (Å²) in [5.74, 6) is -0.129. The highest BCUT2D eigenvalue weighted by atomic mass is 32.2. The Morgan fingerprint density at radius 3 is 2.85 bits per heavy atom. The van der Waals surface area contributed by atoms with Gasteiger partial charge in [-0.15, -0.1) is 0 Å². The number of ether oxygens (including phenoxy) is 1. The molecular formula is C13H26N2O4S. The molecule has 1 amide bonds. The largest absolute Gasteiger partial charge is 0.383 e. The molecule has 7 heteroatoms. The van der Waals surface area contributed by atoms with Crippen molar-refractivity contribution in [2.45, 2.75) is 32.6 Å². The summed E-state index contributed by atoms with van der Waals surface area (Å²) >= 11 is 0. The van der Waals surface area contributed by atoms with Gasteiger partial charge >= 0.3 is 0 Å². The second-order valence-electron chi connectivity index (χ2n) is 5.15. The van der Waals surface area contributed by atoms with Gasteiger partial charge in [0.25, 0.3) is 0 Å². The van der Waals surface area contributed by atoms with E-state index in [4.69, 9.17) is 4.74 Å². The van der Waals surface area contributed by atoms with Gasteiger partial charge in [-0.2, -0.15) is 0 Å². The lowest BCUT2D eigenvalue weighted by Gasteiger charge is -2.31. The number of methoxy groups -OCH3 is 1. The van der Waals surface area contributed by atoms with Crippen molar-refractivity contribution in [3.8, 4) is 0 Å². The third-order valence-corrected chi connectivity index (χ3v) is 5.43.